The van der Waals surface area contributed by atoms with Crippen LogP contribution in [0, 0.1) is 11.8 Å². The summed E-state index contributed by atoms with van der Waals surface area (Å²) in [4.78, 5) is 2.24. The number of hydrogen-bond acceptors (Lipinski definition) is 2. The molecule has 0 amide bonds. The standard InChI is InChI=1S/C12H23NO/c1-5-6-12-7-13(8-12)11(4)14-9-10(2)3/h10,12H,4-9H2,1-3H3. The summed E-state index contributed by atoms with van der Waals surface area (Å²) in [6, 6.07) is 0. The zero-order valence-corrected chi connectivity index (χ0v) is 9.75. The lowest BCUT2D eigenvalue weighted by atomic mass is 9.95. The van der Waals surface area contributed by atoms with E-state index in [1.165, 1.54) is 12.8 Å². The normalized spacial score (nSPS) is 17.0. The SMILES string of the molecule is C=C(OCC(C)C)N1CC(CCC)C1. The first-order chi connectivity index (χ1) is 6.63. The lowest BCUT2D eigenvalue weighted by Crippen LogP contribution is -2.46. The van der Waals surface area contributed by atoms with Gasteiger partial charge in [0.05, 0.1) is 6.61 Å². The van der Waals surface area contributed by atoms with Crippen molar-refractivity contribution in [2.45, 2.75) is 33.6 Å². The number of nitrogens with zero attached hydrogens (tertiary/aromatic N) is 1. The van der Waals surface area contributed by atoms with Gasteiger partial charge in [-0.25, -0.2) is 0 Å². The van der Waals surface area contributed by atoms with Crippen molar-refractivity contribution in [1.29, 1.82) is 0 Å². The van der Waals surface area contributed by atoms with Crippen molar-refractivity contribution in [3.05, 3.63) is 12.5 Å². The Hall–Kier alpha value is -0.660. The minimum Gasteiger partial charge on any atom is -0.479 e. The van der Waals surface area contributed by atoms with Crippen LogP contribution in [0.15, 0.2) is 12.5 Å². The van der Waals surface area contributed by atoms with Gasteiger partial charge < -0.3 is 9.64 Å². The maximum Gasteiger partial charge on any atom is 0.181 e. The van der Waals surface area contributed by atoms with Gasteiger partial charge >= 0.3 is 0 Å². The summed E-state index contributed by atoms with van der Waals surface area (Å²) in [7, 11) is 0. The second kappa shape index (κ2) is 5.28. The Labute approximate surface area is 87.9 Å². The fraction of sp³-hybridized carbons (Fsp3) is 0.833. The molecule has 2 heteroatoms. The van der Waals surface area contributed by atoms with Crippen molar-refractivity contribution in [3.63, 3.8) is 0 Å². The highest BCUT2D eigenvalue weighted by Crippen LogP contribution is 2.24. The van der Waals surface area contributed by atoms with Crippen molar-refractivity contribution >= 4 is 0 Å². The van der Waals surface area contributed by atoms with E-state index in [4.69, 9.17) is 4.74 Å². The van der Waals surface area contributed by atoms with Crippen LogP contribution in [0.3, 0.4) is 0 Å². The van der Waals surface area contributed by atoms with Gasteiger partial charge in [0.1, 0.15) is 0 Å². The van der Waals surface area contributed by atoms with Crippen LogP contribution in [-0.4, -0.2) is 24.6 Å². The second-order valence-corrected chi connectivity index (χ2v) is 4.66. The van der Waals surface area contributed by atoms with Crippen LogP contribution in [0.1, 0.15) is 33.6 Å². The van der Waals surface area contributed by atoms with Gasteiger partial charge in [-0.2, -0.15) is 0 Å². The minimum atomic E-state index is 0.583. The zero-order valence-electron chi connectivity index (χ0n) is 9.75. The van der Waals surface area contributed by atoms with Gasteiger partial charge in [-0.1, -0.05) is 27.2 Å². The summed E-state index contributed by atoms with van der Waals surface area (Å²) < 4.78 is 5.57. The fourth-order valence-electron chi connectivity index (χ4n) is 1.72. The van der Waals surface area contributed by atoms with Gasteiger partial charge in [-0.3, -0.25) is 0 Å². The molecule has 0 spiro atoms. The average molecular weight is 197 g/mol. The highest BCUT2D eigenvalue weighted by molar-refractivity contribution is 4.93. The first-order valence-corrected chi connectivity index (χ1v) is 5.70. The van der Waals surface area contributed by atoms with E-state index < -0.39 is 0 Å². The largest absolute Gasteiger partial charge is 0.479 e. The van der Waals surface area contributed by atoms with E-state index in [0.29, 0.717) is 5.92 Å². The molecule has 1 aliphatic rings. The minimum absolute atomic E-state index is 0.583. The molecule has 0 atom stereocenters. The van der Waals surface area contributed by atoms with Crippen LogP contribution in [0.4, 0.5) is 0 Å². The molecule has 1 fully saturated rings. The Morgan fingerprint density at radius 2 is 2.14 bits per heavy atom. The van der Waals surface area contributed by atoms with Crippen LogP contribution in [0.5, 0.6) is 0 Å². The number of ether oxygens (including phenoxy) is 1. The Morgan fingerprint density at radius 3 is 2.64 bits per heavy atom. The van der Waals surface area contributed by atoms with Gasteiger partial charge in [-0.15, -0.1) is 0 Å². The molecule has 0 N–H and O–H groups in total. The predicted molar refractivity (Wildman–Crippen MR) is 59.9 cm³/mol. The Balaban J connectivity index is 2.10. The second-order valence-electron chi connectivity index (χ2n) is 4.66. The Kier molecular flexibility index (Phi) is 4.30. The molecule has 0 unspecified atom stereocenters. The smallest absolute Gasteiger partial charge is 0.181 e. The van der Waals surface area contributed by atoms with E-state index in [9.17, 15) is 0 Å². The molecule has 0 aromatic rings. The van der Waals surface area contributed by atoms with Crippen LogP contribution in [0.2, 0.25) is 0 Å². The lowest BCUT2D eigenvalue weighted by molar-refractivity contribution is 0.0288. The van der Waals surface area contributed by atoms with Crippen molar-refractivity contribution in [1.82, 2.24) is 4.90 Å². The summed E-state index contributed by atoms with van der Waals surface area (Å²) in [6.07, 6.45) is 2.63. The van der Waals surface area contributed by atoms with Gasteiger partial charge in [0.2, 0.25) is 0 Å². The molecule has 0 aliphatic carbocycles. The molecule has 1 rings (SSSR count). The molecule has 1 aliphatic heterocycles. The maximum atomic E-state index is 5.57. The number of rotatable bonds is 6. The van der Waals surface area contributed by atoms with E-state index in [0.717, 1.165) is 31.5 Å². The van der Waals surface area contributed by atoms with E-state index in [2.05, 4.69) is 32.3 Å². The number of hydrogen-bond donors (Lipinski definition) is 0. The molecule has 1 heterocycles. The monoisotopic (exact) mass is 197 g/mol. The van der Waals surface area contributed by atoms with Crippen molar-refractivity contribution in [3.8, 4) is 0 Å². The molecule has 0 saturated carbocycles. The third-order valence-electron chi connectivity index (χ3n) is 2.59. The molecule has 0 radical (unpaired) electrons. The Morgan fingerprint density at radius 1 is 1.50 bits per heavy atom. The third-order valence-corrected chi connectivity index (χ3v) is 2.59. The van der Waals surface area contributed by atoms with E-state index >= 15 is 0 Å². The lowest BCUT2D eigenvalue weighted by Gasteiger charge is -2.41. The van der Waals surface area contributed by atoms with E-state index in [-0.39, 0.29) is 0 Å². The molecule has 1 saturated heterocycles. The Bertz CT molecular complexity index is 183. The molecule has 14 heavy (non-hydrogen) atoms. The zero-order chi connectivity index (χ0) is 10.6. The van der Waals surface area contributed by atoms with E-state index in [1.807, 2.05) is 0 Å². The molecule has 82 valence electrons. The average Bonchev–Trinajstić information content (AvgIpc) is 2.06. The highest BCUT2D eigenvalue weighted by atomic mass is 16.5. The summed E-state index contributed by atoms with van der Waals surface area (Å²) in [5.74, 6) is 2.32. The molecule has 0 bridgehead atoms. The van der Waals surface area contributed by atoms with Crippen molar-refractivity contribution in [2.24, 2.45) is 11.8 Å². The summed E-state index contributed by atoms with van der Waals surface area (Å²) in [5, 5.41) is 0. The number of likely N-dealkylation sites (tertiary alicyclic amines) is 1. The van der Waals surface area contributed by atoms with Crippen LogP contribution < -0.4 is 0 Å². The predicted octanol–water partition coefficient (Wildman–Crippen LogP) is 2.86. The molecule has 0 aromatic heterocycles. The quantitative estimate of drug-likeness (QED) is 0.607. The molecule has 0 aromatic carbocycles. The molecular formula is C12H23NO. The van der Waals surface area contributed by atoms with Gasteiger partial charge in [0.25, 0.3) is 0 Å². The third kappa shape index (κ3) is 3.24. The van der Waals surface area contributed by atoms with Gasteiger partial charge in [0.15, 0.2) is 5.88 Å². The van der Waals surface area contributed by atoms with E-state index in [1.54, 1.807) is 0 Å². The molecular weight excluding hydrogens is 174 g/mol. The van der Waals surface area contributed by atoms with Crippen LogP contribution >= 0.6 is 0 Å². The van der Waals surface area contributed by atoms with Crippen molar-refractivity contribution < 1.29 is 4.74 Å². The topological polar surface area (TPSA) is 12.5 Å². The summed E-state index contributed by atoms with van der Waals surface area (Å²) in [5.41, 5.74) is 0. The van der Waals surface area contributed by atoms with Gasteiger partial charge in [-0.05, 0) is 24.8 Å². The first kappa shape index (κ1) is 11.4. The maximum absolute atomic E-state index is 5.57. The highest BCUT2D eigenvalue weighted by Gasteiger charge is 2.27. The fourth-order valence-corrected chi connectivity index (χ4v) is 1.72. The molecule has 2 nitrogen and oxygen atoms in total. The summed E-state index contributed by atoms with van der Waals surface area (Å²) in [6.45, 7) is 13.6. The first-order valence-electron chi connectivity index (χ1n) is 5.70. The van der Waals surface area contributed by atoms with Crippen LogP contribution in [-0.2, 0) is 4.74 Å². The summed E-state index contributed by atoms with van der Waals surface area (Å²) >= 11 is 0. The van der Waals surface area contributed by atoms with Gasteiger partial charge in [0, 0.05) is 13.1 Å². The van der Waals surface area contributed by atoms with Crippen LogP contribution in [0.25, 0.3) is 0 Å². The van der Waals surface area contributed by atoms with Crippen molar-refractivity contribution in [2.75, 3.05) is 19.7 Å².